The SMILES string of the molecule is Cc1ccc(Br)cc1NCc1ccc2[nH]ccc2c1. The molecular weight excluding hydrogens is 300 g/mol. The summed E-state index contributed by atoms with van der Waals surface area (Å²) in [4.78, 5) is 3.21. The first-order valence-electron chi connectivity index (χ1n) is 6.28. The van der Waals surface area contributed by atoms with E-state index in [-0.39, 0.29) is 0 Å². The summed E-state index contributed by atoms with van der Waals surface area (Å²) < 4.78 is 1.10. The lowest BCUT2D eigenvalue weighted by molar-refractivity contribution is 1.14. The Hall–Kier alpha value is -1.74. The predicted octanol–water partition coefficient (Wildman–Crippen LogP) is 4.85. The van der Waals surface area contributed by atoms with E-state index in [9.17, 15) is 0 Å². The van der Waals surface area contributed by atoms with Crippen molar-refractivity contribution >= 4 is 32.5 Å². The number of nitrogens with one attached hydrogen (secondary N) is 2. The molecule has 96 valence electrons. The third-order valence-corrected chi connectivity index (χ3v) is 3.79. The zero-order valence-corrected chi connectivity index (χ0v) is 12.3. The maximum absolute atomic E-state index is 3.51. The smallest absolute Gasteiger partial charge is 0.0454 e. The van der Waals surface area contributed by atoms with E-state index in [1.165, 1.54) is 27.7 Å². The molecule has 1 heterocycles. The summed E-state index contributed by atoms with van der Waals surface area (Å²) in [6.07, 6.45) is 1.97. The van der Waals surface area contributed by atoms with Crippen LogP contribution in [0.25, 0.3) is 10.9 Å². The van der Waals surface area contributed by atoms with E-state index in [1.54, 1.807) is 0 Å². The lowest BCUT2D eigenvalue weighted by atomic mass is 10.1. The predicted molar refractivity (Wildman–Crippen MR) is 84.5 cm³/mol. The number of halogens is 1. The van der Waals surface area contributed by atoms with Crippen molar-refractivity contribution in [2.24, 2.45) is 0 Å². The summed E-state index contributed by atoms with van der Waals surface area (Å²) in [5.74, 6) is 0. The maximum Gasteiger partial charge on any atom is 0.0454 e. The average molecular weight is 315 g/mol. The van der Waals surface area contributed by atoms with E-state index in [4.69, 9.17) is 0 Å². The Balaban J connectivity index is 1.79. The van der Waals surface area contributed by atoms with E-state index in [1.807, 2.05) is 6.20 Å². The second-order valence-electron chi connectivity index (χ2n) is 4.71. The number of aryl methyl sites for hydroxylation is 1. The molecule has 0 bridgehead atoms. The number of benzene rings is 2. The van der Waals surface area contributed by atoms with Crippen molar-refractivity contribution in [3.63, 3.8) is 0 Å². The van der Waals surface area contributed by atoms with Crippen LogP contribution >= 0.6 is 15.9 Å². The van der Waals surface area contributed by atoms with Gasteiger partial charge in [0, 0.05) is 28.4 Å². The minimum Gasteiger partial charge on any atom is -0.381 e. The number of anilines is 1. The number of rotatable bonds is 3. The van der Waals surface area contributed by atoms with Crippen LogP contribution in [0.3, 0.4) is 0 Å². The van der Waals surface area contributed by atoms with Crippen LogP contribution in [-0.4, -0.2) is 4.98 Å². The summed E-state index contributed by atoms with van der Waals surface area (Å²) in [5, 5.41) is 4.74. The van der Waals surface area contributed by atoms with Crippen LogP contribution in [0.2, 0.25) is 0 Å². The zero-order valence-electron chi connectivity index (χ0n) is 10.7. The van der Waals surface area contributed by atoms with Gasteiger partial charge in [-0.15, -0.1) is 0 Å². The first kappa shape index (κ1) is 12.3. The Labute approximate surface area is 121 Å². The fraction of sp³-hybridized carbons (Fsp3) is 0.125. The third kappa shape index (κ3) is 2.66. The Kier molecular flexibility index (Phi) is 3.30. The first-order valence-corrected chi connectivity index (χ1v) is 7.08. The molecule has 0 atom stereocenters. The molecule has 0 aliphatic carbocycles. The summed E-state index contributed by atoms with van der Waals surface area (Å²) in [7, 11) is 0. The lowest BCUT2D eigenvalue weighted by Crippen LogP contribution is -2.00. The van der Waals surface area contributed by atoms with Gasteiger partial charge in [-0.25, -0.2) is 0 Å². The second kappa shape index (κ2) is 5.10. The summed E-state index contributed by atoms with van der Waals surface area (Å²) >= 11 is 3.51. The minimum atomic E-state index is 0.832. The number of hydrogen-bond acceptors (Lipinski definition) is 1. The molecule has 2 N–H and O–H groups in total. The molecule has 0 aliphatic rings. The average Bonchev–Trinajstić information content (AvgIpc) is 2.87. The number of aromatic nitrogens is 1. The zero-order chi connectivity index (χ0) is 13.2. The number of aromatic amines is 1. The van der Waals surface area contributed by atoms with Crippen molar-refractivity contribution in [3.8, 4) is 0 Å². The molecular formula is C16H15BrN2. The van der Waals surface area contributed by atoms with Crippen LogP contribution in [-0.2, 0) is 6.54 Å². The normalized spacial score (nSPS) is 10.8. The Morgan fingerprint density at radius 2 is 2.00 bits per heavy atom. The summed E-state index contributed by atoms with van der Waals surface area (Å²) in [6, 6.07) is 14.9. The van der Waals surface area contributed by atoms with Crippen molar-refractivity contribution in [2.45, 2.75) is 13.5 Å². The summed E-state index contributed by atoms with van der Waals surface area (Å²) in [6.45, 7) is 2.95. The van der Waals surface area contributed by atoms with Gasteiger partial charge in [0.2, 0.25) is 0 Å². The van der Waals surface area contributed by atoms with Crippen LogP contribution in [0.5, 0.6) is 0 Å². The van der Waals surface area contributed by atoms with Crippen LogP contribution in [0, 0.1) is 6.92 Å². The molecule has 0 unspecified atom stereocenters. The quantitative estimate of drug-likeness (QED) is 0.710. The van der Waals surface area contributed by atoms with E-state index in [0.717, 1.165) is 11.0 Å². The minimum absolute atomic E-state index is 0.832. The topological polar surface area (TPSA) is 27.8 Å². The molecule has 1 aromatic heterocycles. The highest BCUT2D eigenvalue weighted by Gasteiger charge is 2.01. The van der Waals surface area contributed by atoms with Gasteiger partial charge in [-0.05, 0) is 53.8 Å². The van der Waals surface area contributed by atoms with E-state index >= 15 is 0 Å². The number of hydrogen-bond donors (Lipinski definition) is 2. The first-order chi connectivity index (χ1) is 9.22. The van der Waals surface area contributed by atoms with Gasteiger partial charge in [-0.2, -0.15) is 0 Å². The van der Waals surface area contributed by atoms with E-state index < -0.39 is 0 Å². The van der Waals surface area contributed by atoms with Crippen molar-refractivity contribution in [3.05, 3.63) is 64.3 Å². The molecule has 3 aromatic rings. The standard InChI is InChI=1S/C16H15BrN2/c1-11-2-4-14(17)9-16(11)19-10-12-3-5-15-13(8-12)6-7-18-15/h2-9,18-19H,10H2,1H3. The Morgan fingerprint density at radius 1 is 1.11 bits per heavy atom. The molecule has 0 saturated heterocycles. The molecule has 3 rings (SSSR count). The molecule has 0 fully saturated rings. The largest absolute Gasteiger partial charge is 0.381 e. The van der Waals surface area contributed by atoms with E-state index in [0.29, 0.717) is 0 Å². The van der Waals surface area contributed by atoms with Crippen molar-refractivity contribution in [1.29, 1.82) is 0 Å². The molecule has 0 saturated carbocycles. The Morgan fingerprint density at radius 3 is 2.89 bits per heavy atom. The molecule has 2 nitrogen and oxygen atoms in total. The molecule has 19 heavy (non-hydrogen) atoms. The fourth-order valence-electron chi connectivity index (χ4n) is 2.19. The molecule has 0 amide bonds. The van der Waals surface area contributed by atoms with Gasteiger partial charge in [-0.3, -0.25) is 0 Å². The highest BCUT2D eigenvalue weighted by Crippen LogP contribution is 2.22. The van der Waals surface area contributed by atoms with Gasteiger partial charge in [0.15, 0.2) is 0 Å². The van der Waals surface area contributed by atoms with Gasteiger partial charge in [0.25, 0.3) is 0 Å². The third-order valence-electron chi connectivity index (χ3n) is 3.30. The lowest BCUT2D eigenvalue weighted by Gasteiger charge is -2.10. The summed E-state index contributed by atoms with van der Waals surface area (Å²) in [5.41, 5.74) is 4.89. The molecule has 0 aliphatic heterocycles. The molecule has 3 heteroatoms. The van der Waals surface area contributed by atoms with Gasteiger partial charge in [0.1, 0.15) is 0 Å². The molecule has 0 spiro atoms. The maximum atomic E-state index is 3.51. The second-order valence-corrected chi connectivity index (χ2v) is 5.63. The van der Waals surface area contributed by atoms with Crippen molar-refractivity contribution < 1.29 is 0 Å². The van der Waals surface area contributed by atoms with Gasteiger partial charge in [0.05, 0.1) is 0 Å². The molecule has 0 radical (unpaired) electrons. The van der Waals surface area contributed by atoms with E-state index in [2.05, 4.69) is 75.6 Å². The number of H-pyrrole nitrogens is 1. The highest BCUT2D eigenvalue weighted by molar-refractivity contribution is 9.10. The van der Waals surface area contributed by atoms with Gasteiger partial charge >= 0.3 is 0 Å². The molecule has 2 aromatic carbocycles. The number of fused-ring (bicyclic) bond motifs is 1. The van der Waals surface area contributed by atoms with Gasteiger partial charge in [-0.1, -0.05) is 28.1 Å². The van der Waals surface area contributed by atoms with Crippen LogP contribution < -0.4 is 5.32 Å². The van der Waals surface area contributed by atoms with Crippen LogP contribution in [0.15, 0.2) is 53.1 Å². The fourth-order valence-corrected chi connectivity index (χ4v) is 2.56. The monoisotopic (exact) mass is 314 g/mol. The van der Waals surface area contributed by atoms with Crippen molar-refractivity contribution in [1.82, 2.24) is 4.98 Å². The van der Waals surface area contributed by atoms with Gasteiger partial charge < -0.3 is 10.3 Å². The van der Waals surface area contributed by atoms with Crippen LogP contribution in [0.1, 0.15) is 11.1 Å². The van der Waals surface area contributed by atoms with Crippen LogP contribution in [0.4, 0.5) is 5.69 Å². The Bertz CT molecular complexity index is 716. The van der Waals surface area contributed by atoms with Crippen molar-refractivity contribution in [2.75, 3.05) is 5.32 Å². The highest BCUT2D eigenvalue weighted by atomic mass is 79.9.